The molecular formula is C18H18ClN3S. The molecule has 0 aliphatic heterocycles. The summed E-state index contributed by atoms with van der Waals surface area (Å²) in [6.07, 6.45) is 2.87. The van der Waals surface area contributed by atoms with Crippen LogP contribution in [0, 0.1) is 6.92 Å². The van der Waals surface area contributed by atoms with E-state index in [0.29, 0.717) is 5.11 Å². The van der Waals surface area contributed by atoms with Gasteiger partial charge in [0, 0.05) is 29.0 Å². The number of benzene rings is 2. The summed E-state index contributed by atoms with van der Waals surface area (Å²) in [5, 5.41) is 9.03. The third-order valence-electron chi connectivity index (χ3n) is 3.76. The second-order valence-corrected chi connectivity index (χ2v) is 6.33. The lowest BCUT2D eigenvalue weighted by molar-refractivity contribution is 0.874. The molecule has 3 N–H and O–H groups in total. The molecule has 0 atom stereocenters. The zero-order valence-corrected chi connectivity index (χ0v) is 14.4. The van der Waals surface area contributed by atoms with Gasteiger partial charge in [-0.15, -0.1) is 0 Å². The van der Waals surface area contributed by atoms with Crippen LogP contribution in [0.25, 0.3) is 10.9 Å². The molecule has 118 valence electrons. The summed E-state index contributed by atoms with van der Waals surface area (Å²) in [6.45, 7) is 2.78. The van der Waals surface area contributed by atoms with Crippen LogP contribution in [0.2, 0.25) is 5.02 Å². The normalized spacial score (nSPS) is 10.7. The van der Waals surface area contributed by atoms with Crippen LogP contribution in [0.1, 0.15) is 11.1 Å². The molecule has 5 heteroatoms. The van der Waals surface area contributed by atoms with Gasteiger partial charge in [-0.1, -0.05) is 23.7 Å². The second kappa shape index (κ2) is 7.02. The fraction of sp³-hybridized carbons (Fsp3) is 0.167. The number of aryl methyl sites for hydroxylation is 1. The fourth-order valence-electron chi connectivity index (χ4n) is 2.50. The number of aromatic amines is 1. The van der Waals surface area contributed by atoms with Crippen LogP contribution in [-0.4, -0.2) is 16.6 Å². The van der Waals surface area contributed by atoms with Gasteiger partial charge in [-0.3, -0.25) is 0 Å². The Morgan fingerprint density at radius 2 is 2.04 bits per heavy atom. The summed E-state index contributed by atoms with van der Waals surface area (Å²) in [6, 6.07) is 14.2. The zero-order valence-electron chi connectivity index (χ0n) is 12.8. The van der Waals surface area contributed by atoms with Crippen molar-refractivity contribution in [2.75, 3.05) is 11.9 Å². The highest BCUT2D eigenvalue weighted by Gasteiger charge is 2.02. The van der Waals surface area contributed by atoms with Crippen molar-refractivity contribution in [2.45, 2.75) is 13.3 Å². The van der Waals surface area contributed by atoms with E-state index in [1.54, 1.807) is 0 Å². The number of nitrogens with one attached hydrogen (secondary N) is 3. The number of anilines is 1. The fourth-order valence-corrected chi connectivity index (χ4v) is 2.94. The van der Waals surface area contributed by atoms with E-state index in [9.17, 15) is 0 Å². The van der Waals surface area contributed by atoms with Gasteiger partial charge in [0.15, 0.2) is 5.11 Å². The first kappa shape index (κ1) is 15.8. The van der Waals surface area contributed by atoms with Gasteiger partial charge in [0.05, 0.1) is 0 Å². The maximum Gasteiger partial charge on any atom is 0.170 e. The van der Waals surface area contributed by atoms with Crippen LogP contribution >= 0.6 is 23.8 Å². The number of aromatic nitrogens is 1. The third-order valence-corrected chi connectivity index (χ3v) is 4.24. The first-order valence-electron chi connectivity index (χ1n) is 7.49. The lowest BCUT2D eigenvalue weighted by Crippen LogP contribution is -2.30. The van der Waals surface area contributed by atoms with Crippen molar-refractivity contribution >= 4 is 45.5 Å². The number of hydrogen-bond donors (Lipinski definition) is 3. The standard InChI is InChI=1S/C18H18ClN3S/c1-12-10-15(19)4-5-16(12)22-18(23)21-8-6-13-2-3-14-7-9-20-17(14)11-13/h2-5,7,9-11,20H,6,8H2,1H3,(H2,21,22,23). The van der Waals surface area contributed by atoms with Crippen molar-refractivity contribution in [3.05, 3.63) is 64.8 Å². The van der Waals surface area contributed by atoms with E-state index < -0.39 is 0 Å². The van der Waals surface area contributed by atoms with Gasteiger partial charge in [-0.05, 0) is 72.4 Å². The van der Waals surface area contributed by atoms with E-state index >= 15 is 0 Å². The molecule has 0 saturated carbocycles. The number of fused-ring (bicyclic) bond motifs is 1. The maximum atomic E-state index is 5.96. The Bertz CT molecular complexity index is 841. The van der Waals surface area contributed by atoms with Crippen LogP contribution < -0.4 is 10.6 Å². The quantitative estimate of drug-likeness (QED) is 0.603. The summed E-state index contributed by atoms with van der Waals surface area (Å²) >= 11 is 11.3. The van der Waals surface area contributed by atoms with Crippen LogP contribution in [0.5, 0.6) is 0 Å². The Morgan fingerprint density at radius 3 is 2.87 bits per heavy atom. The zero-order chi connectivity index (χ0) is 16.2. The summed E-state index contributed by atoms with van der Waals surface area (Å²) in [5.74, 6) is 0. The number of H-pyrrole nitrogens is 1. The summed E-state index contributed by atoms with van der Waals surface area (Å²) in [4.78, 5) is 3.23. The van der Waals surface area contributed by atoms with Gasteiger partial charge in [0.25, 0.3) is 0 Å². The molecule has 0 radical (unpaired) electrons. The Kier molecular flexibility index (Phi) is 4.84. The molecule has 23 heavy (non-hydrogen) atoms. The van der Waals surface area contributed by atoms with E-state index in [2.05, 4.69) is 39.9 Å². The number of hydrogen-bond acceptors (Lipinski definition) is 1. The predicted molar refractivity (Wildman–Crippen MR) is 102 cm³/mol. The molecule has 2 aromatic carbocycles. The molecule has 0 spiro atoms. The molecule has 3 rings (SSSR count). The highest BCUT2D eigenvalue weighted by Crippen LogP contribution is 2.19. The van der Waals surface area contributed by atoms with Crippen LogP contribution in [0.15, 0.2) is 48.7 Å². The van der Waals surface area contributed by atoms with E-state index in [0.717, 1.165) is 29.2 Å². The highest BCUT2D eigenvalue weighted by atomic mass is 35.5. The van der Waals surface area contributed by atoms with Gasteiger partial charge in [0.1, 0.15) is 0 Å². The summed E-state index contributed by atoms with van der Waals surface area (Å²) < 4.78 is 0. The summed E-state index contributed by atoms with van der Waals surface area (Å²) in [7, 11) is 0. The van der Waals surface area contributed by atoms with Crippen molar-refractivity contribution in [2.24, 2.45) is 0 Å². The lowest BCUT2D eigenvalue weighted by Gasteiger charge is -2.12. The predicted octanol–water partition coefficient (Wildman–Crippen LogP) is 4.66. The van der Waals surface area contributed by atoms with Gasteiger partial charge in [-0.2, -0.15) is 0 Å². The molecule has 1 heterocycles. The van der Waals surface area contributed by atoms with Crippen molar-refractivity contribution in [3.8, 4) is 0 Å². The molecule has 1 aromatic heterocycles. The van der Waals surface area contributed by atoms with Crippen molar-refractivity contribution in [1.29, 1.82) is 0 Å². The lowest BCUT2D eigenvalue weighted by atomic mass is 10.1. The highest BCUT2D eigenvalue weighted by molar-refractivity contribution is 7.80. The molecule has 0 bridgehead atoms. The van der Waals surface area contributed by atoms with Crippen LogP contribution in [-0.2, 0) is 6.42 Å². The van der Waals surface area contributed by atoms with Gasteiger partial charge >= 0.3 is 0 Å². The van der Waals surface area contributed by atoms with Crippen molar-refractivity contribution < 1.29 is 0 Å². The van der Waals surface area contributed by atoms with Crippen LogP contribution in [0.4, 0.5) is 5.69 Å². The van der Waals surface area contributed by atoms with Crippen LogP contribution in [0.3, 0.4) is 0 Å². The Labute approximate surface area is 146 Å². The SMILES string of the molecule is Cc1cc(Cl)ccc1NC(=S)NCCc1ccc2cc[nH]c2c1. The number of rotatable bonds is 4. The van der Waals surface area contributed by atoms with Gasteiger partial charge in [0.2, 0.25) is 0 Å². The van der Waals surface area contributed by atoms with E-state index in [4.69, 9.17) is 23.8 Å². The topological polar surface area (TPSA) is 39.8 Å². The molecular weight excluding hydrogens is 326 g/mol. The minimum absolute atomic E-state index is 0.622. The van der Waals surface area contributed by atoms with E-state index in [1.807, 2.05) is 31.3 Å². The smallest absolute Gasteiger partial charge is 0.170 e. The molecule has 3 aromatic rings. The monoisotopic (exact) mass is 343 g/mol. The van der Waals surface area contributed by atoms with Gasteiger partial charge in [-0.25, -0.2) is 0 Å². The second-order valence-electron chi connectivity index (χ2n) is 5.49. The average Bonchev–Trinajstić information content (AvgIpc) is 2.98. The third kappa shape index (κ3) is 4.03. The average molecular weight is 344 g/mol. The van der Waals surface area contributed by atoms with Crippen molar-refractivity contribution in [3.63, 3.8) is 0 Å². The van der Waals surface area contributed by atoms with E-state index in [1.165, 1.54) is 16.5 Å². The summed E-state index contributed by atoms with van der Waals surface area (Å²) in [5.41, 5.74) is 4.48. The Hall–Kier alpha value is -2.04. The maximum absolute atomic E-state index is 5.96. The molecule has 0 aliphatic rings. The molecule has 0 fully saturated rings. The molecule has 3 nitrogen and oxygen atoms in total. The Balaban J connectivity index is 1.52. The molecule has 0 amide bonds. The van der Waals surface area contributed by atoms with Gasteiger partial charge < -0.3 is 15.6 Å². The molecule has 0 unspecified atom stereocenters. The largest absolute Gasteiger partial charge is 0.362 e. The minimum Gasteiger partial charge on any atom is -0.362 e. The minimum atomic E-state index is 0.622. The molecule has 0 saturated heterocycles. The number of thiocarbonyl (C=S) groups is 1. The van der Waals surface area contributed by atoms with Crippen molar-refractivity contribution in [1.82, 2.24) is 10.3 Å². The first-order valence-corrected chi connectivity index (χ1v) is 8.27. The first-order chi connectivity index (χ1) is 11.1. The Morgan fingerprint density at radius 1 is 1.17 bits per heavy atom. The number of halogens is 1. The molecule has 0 aliphatic carbocycles. The van der Waals surface area contributed by atoms with E-state index in [-0.39, 0.29) is 0 Å².